The number of imide groups is 1. The molecule has 0 aromatic carbocycles. The summed E-state index contributed by atoms with van der Waals surface area (Å²) in [7, 11) is 0. The Hall–Kier alpha value is -1.66. The SMILES string of the molecule is CCCCCCCCCCCCCCCC(=O)C(O)[C@]([C]=O)(C(=O)CCCCCCCCCCCCCCC)N(C(=O)CCCCCCCCCCCCCCC)C(=O)[C@@H](N)CSCC(O)CO. The molecule has 68 heavy (non-hydrogen) atoms. The number of amides is 2. The van der Waals surface area contributed by atoms with Crippen molar-refractivity contribution in [2.75, 3.05) is 18.1 Å². The summed E-state index contributed by atoms with van der Waals surface area (Å²) < 4.78 is 0. The van der Waals surface area contributed by atoms with Gasteiger partial charge in [-0.15, -0.1) is 0 Å². The van der Waals surface area contributed by atoms with Crippen LogP contribution in [0, 0.1) is 0 Å². The largest absolute Gasteiger partial charge is 0.394 e. The summed E-state index contributed by atoms with van der Waals surface area (Å²) in [5.74, 6) is -3.54. The second kappa shape index (κ2) is 47.7. The lowest BCUT2D eigenvalue weighted by Crippen LogP contribution is -2.70. The average Bonchev–Trinajstić information content (AvgIpc) is 3.34. The number of hydrogen-bond donors (Lipinski definition) is 4. The molecule has 0 aromatic rings. The van der Waals surface area contributed by atoms with Gasteiger partial charge in [-0.25, -0.2) is 0 Å². The number of aliphatic hydroxyl groups is 3. The second-order valence-electron chi connectivity index (χ2n) is 20.2. The molecule has 0 heterocycles. The van der Waals surface area contributed by atoms with Crippen LogP contribution in [0.25, 0.3) is 0 Å². The summed E-state index contributed by atoms with van der Waals surface area (Å²) in [4.78, 5) is 71.1. The predicted molar refractivity (Wildman–Crippen MR) is 286 cm³/mol. The molecule has 1 radical (unpaired) electrons. The minimum Gasteiger partial charge on any atom is -0.394 e. The first kappa shape index (κ1) is 66.3. The Bertz CT molecular complexity index is 1220. The quantitative estimate of drug-likeness (QED) is 0.0339. The van der Waals surface area contributed by atoms with Crippen LogP contribution >= 0.6 is 11.8 Å². The van der Waals surface area contributed by atoms with Crippen molar-refractivity contribution in [1.29, 1.82) is 0 Å². The Morgan fingerprint density at radius 1 is 0.485 bits per heavy atom. The van der Waals surface area contributed by atoms with E-state index in [1.807, 2.05) is 0 Å². The zero-order valence-electron chi connectivity index (χ0n) is 44.4. The highest BCUT2D eigenvalue weighted by Gasteiger charge is 2.57. The van der Waals surface area contributed by atoms with E-state index in [-0.39, 0.29) is 30.8 Å². The second-order valence-corrected chi connectivity index (χ2v) is 21.3. The van der Waals surface area contributed by atoms with E-state index in [1.165, 1.54) is 154 Å². The molecular formula is C57H107N2O8S. The van der Waals surface area contributed by atoms with Gasteiger partial charge in [-0.1, -0.05) is 252 Å². The van der Waals surface area contributed by atoms with Crippen molar-refractivity contribution in [2.24, 2.45) is 5.73 Å². The minimum absolute atomic E-state index is 0.0630. The number of aliphatic hydroxyl groups excluding tert-OH is 3. The third kappa shape index (κ3) is 33.1. The lowest BCUT2D eigenvalue weighted by molar-refractivity contribution is -0.162. The smallest absolute Gasteiger partial charge is 0.248 e. The van der Waals surface area contributed by atoms with Crippen LogP contribution in [-0.2, 0) is 24.0 Å². The number of hydrogen-bond acceptors (Lipinski definition) is 10. The monoisotopic (exact) mass is 980 g/mol. The topological polar surface area (TPSA) is 175 Å². The molecule has 0 aliphatic rings. The highest BCUT2D eigenvalue weighted by Crippen LogP contribution is 2.29. The molecule has 399 valence electrons. The molecule has 5 N–H and O–H groups in total. The number of ketones is 2. The van der Waals surface area contributed by atoms with Crippen LogP contribution in [-0.4, -0.2) is 91.8 Å². The van der Waals surface area contributed by atoms with Crippen LogP contribution in [0.4, 0.5) is 0 Å². The number of carbonyl (C=O) groups is 4. The van der Waals surface area contributed by atoms with Gasteiger partial charge in [0.2, 0.25) is 23.6 Å². The summed E-state index contributed by atoms with van der Waals surface area (Å²) in [6.07, 6.45) is 40.6. The van der Waals surface area contributed by atoms with Crippen molar-refractivity contribution >= 4 is 41.4 Å². The van der Waals surface area contributed by atoms with Gasteiger partial charge in [-0.2, -0.15) is 11.8 Å². The maximum atomic E-state index is 14.5. The van der Waals surface area contributed by atoms with Gasteiger partial charge in [0.25, 0.3) is 0 Å². The summed E-state index contributed by atoms with van der Waals surface area (Å²) in [5.41, 5.74) is 3.53. The van der Waals surface area contributed by atoms with Gasteiger partial charge in [-0.3, -0.25) is 28.9 Å². The highest BCUT2D eigenvalue weighted by atomic mass is 32.2. The molecule has 0 aliphatic carbocycles. The normalized spacial score (nSPS) is 13.8. The van der Waals surface area contributed by atoms with Crippen LogP contribution in [0.5, 0.6) is 0 Å². The van der Waals surface area contributed by atoms with E-state index in [4.69, 9.17) is 5.73 Å². The fourth-order valence-corrected chi connectivity index (χ4v) is 10.2. The zero-order chi connectivity index (χ0) is 50.4. The maximum Gasteiger partial charge on any atom is 0.248 e. The molecule has 2 unspecified atom stereocenters. The molecule has 0 saturated heterocycles. The van der Waals surface area contributed by atoms with E-state index < -0.39 is 53.8 Å². The molecule has 2 amide bonds. The van der Waals surface area contributed by atoms with Crippen LogP contribution in [0.15, 0.2) is 0 Å². The minimum atomic E-state index is -2.86. The van der Waals surface area contributed by atoms with E-state index in [0.717, 1.165) is 76.0 Å². The molecule has 0 aliphatic heterocycles. The molecule has 0 saturated carbocycles. The van der Waals surface area contributed by atoms with Gasteiger partial charge < -0.3 is 21.1 Å². The Labute approximate surface area is 422 Å². The number of nitrogens with zero attached hydrogens (tertiary/aromatic N) is 1. The number of nitrogens with two attached hydrogens (primary N) is 1. The maximum absolute atomic E-state index is 14.5. The van der Waals surface area contributed by atoms with Gasteiger partial charge in [0.1, 0.15) is 0 Å². The van der Waals surface area contributed by atoms with Crippen LogP contribution in [0.2, 0.25) is 0 Å². The van der Waals surface area contributed by atoms with Crippen LogP contribution < -0.4 is 5.73 Å². The van der Waals surface area contributed by atoms with Gasteiger partial charge in [0.15, 0.2) is 17.7 Å². The third-order valence-electron chi connectivity index (χ3n) is 13.8. The van der Waals surface area contributed by atoms with E-state index >= 15 is 0 Å². The first-order chi connectivity index (χ1) is 33.1. The molecule has 11 heteroatoms. The van der Waals surface area contributed by atoms with Gasteiger partial charge in [0, 0.05) is 30.8 Å². The van der Waals surface area contributed by atoms with E-state index in [2.05, 4.69) is 20.8 Å². The average molecular weight is 981 g/mol. The lowest BCUT2D eigenvalue weighted by atomic mass is 9.80. The summed E-state index contributed by atoms with van der Waals surface area (Å²) in [5, 5.41) is 31.1. The van der Waals surface area contributed by atoms with Gasteiger partial charge in [0.05, 0.1) is 18.8 Å². The van der Waals surface area contributed by atoms with Crippen LogP contribution in [0.1, 0.15) is 290 Å². The standard InChI is InChI=1S/C57H107N2O8S/c1-4-7-10-13-16-19-22-25-28-31-34-37-40-43-52(63)55(66)57(49-61,53(64)44-41-38-35-32-29-26-23-20-17-14-11-8-5-2)59(56(67)51(58)48-68-47-50(62)46-60)54(65)45-42-39-36-33-30-27-24-21-18-15-12-9-6-3/h50-51,55,60,62,66H,4-48,58H2,1-3H3/t50?,51-,55?,57-/m0/s1. The number of thioether (sulfide) groups is 1. The number of carbonyl (C=O) groups excluding carboxylic acids is 5. The zero-order valence-corrected chi connectivity index (χ0v) is 45.2. The molecule has 0 bridgehead atoms. The molecule has 0 aromatic heterocycles. The third-order valence-corrected chi connectivity index (χ3v) is 15.0. The first-order valence-electron chi connectivity index (χ1n) is 28.7. The fraction of sp³-hybridized carbons (Fsp3) is 0.912. The van der Waals surface area contributed by atoms with Crippen molar-refractivity contribution < 1.29 is 39.3 Å². The number of rotatable bonds is 53. The van der Waals surface area contributed by atoms with Crippen molar-refractivity contribution in [2.45, 2.75) is 314 Å². The molecule has 0 spiro atoms. The van der Waals surface area contributed by atoms with Crippen molar-refractivity contribution in [1.82, 2.24) is 4.90 Å². The van der Waals surface area contributed by atoms with E-state index in [9.17, 15) is 39.3 Å². The van der Waals surface area contributed by atoms with E-state index in [0.29, 0.717) is 37.0 Å². The molecular weight excluding hydrogens is 873 g/mol. The summed E-state index contributed by atoms with van der Waals surface area (Å²) in [6.45, 7) is 6.21. The Morgan fingerprint density at radius 3 is 1.12 bits per heavy atom. The Kier molecular flexibility index (Phi) is 46.5. The first-order valence-corrected chi connectivity index (χ1v) is 29.9. The summed E-state index contributed by atoms with van der Waals surface area (Å²) in [6, 6.07) is -1.40. The molecule has 10 nitrogen and oxygen atoms in total. The summed E-state index contributed by atoms with van der Waals surface area (Å²) >= 11 is 1.08. The molecule has 0 rings (SSSR count). The fourth-order valence-electron chi connectivity index (χ4n) is 9.26. The Balaban J connectivity index is 5.91. The Morgan fingerprint density at radius 2 is 0.794 bits per heavy atom. The molecule has 4 atom stereocenters. The number of Topliss-reactive ketones (excluding diaryl/α,β-unsaturated/α-hetero) is 2. The molecule has 0 fully saturated rings. The van der Waals surface area contributed by atoms with Crippen molar-refractivity contribution in [3.63, 3.8) is 0 Å². The predicted octanol–water partition coefficient (Wildman–Crippen LogP) is 13.5. The van der Waals surface area contributed by atoms with E-state index in [1.54, 1.807) is 6.29 Å². The lowest BCUT2D eigenvalue weighted by Gasteiger charge is -2.40. The van der Waals surface area contributed by atoms with Crippen molar-refractivity contribution in [3.05, 3.63) is 0 Å². The van der Waals surface area contributed by atoms with Crippen LogP contribution in [0.3, 0.4) is 0 Å². The highest BCUT2D eigenvalue weighted by molar-refractivity contribution is 7.99. The van der Waals surface area contributed by atoms with Gasteiger partial charge >= 0.3 is 0 Å². The number of unbranched alkanes of at least 4 members (excludes halogenated alkanes) is 36. The van der Waals surface area contributed by atoms with Gasteiger partial charge in [-0.05, 0) is 19.3 Å². The van der Waals surface area contributed by atoms with Crippen molar-refractivity contribution in [3.8, 4) is 0 Å².